The van der Waals surface area contributed by atoms with Crippen LogP contribution in [0.2, 0.25) is 0 Å². The lowest BCUT2D eigenvalue weighted by Crippen LogP contribution is -2.55. The monoisotopic (exact) mass is 563 g/mol. The first-order valence-corrected chi connectivity index (χ1v) is 14.7. The van der Waals surface area contributed by atoms with Crippen molar-refractivity contribution in [2.45, 2.75) is 75.2 Å². The summed E-state index contributed by atoms with van der Waals surface area (Å²) in [6, 6.07) is 15.7. The molecule has 2 bridgehead atoms. The number of ether oxygens (including phenoxy) is 2. The molecular formula is C32H35F2N3O4. The average Bonchev–Trinajstić information content (AvgIpc) is 3.72. The smallest absolute Gasteiger partial charge is 0.258 e. The van der Waals surface area contributed by atoms with E-state index in [0.29, 0.717) is 25.0 Å². The number of fused-ring (bicyclic) bond motifs is 3. The Hall–Kier alpha value is -3.33. The zero-order valence-electron chi connectivity index (χ0n) is 23.3. The summed E-state index contributed by atoms with van der Waals surface area (Å²) < 4.78 is 44.7. The quantitative estimate of drug-likeness (QED) is 0.283. The highest BCUT2D eigenvalue weighted by atomic mass is 19.3. The summed E-state index contributed by atoms with van der Waals surface area (Å²) >= 11 is 0. The van der Waals surface area contributed by atoms with Crippen molar-refractivity contribution in [1.82, 2.24) is 10.1 Å². The largest absolute Gasteiger partial charge is 0.497 e. The first-order valence-electron chi connectivity index (χ1n) is 14.7. The van der Waals surface area contributed by atoms with E-state index in [1.54, 1.807) is 12.0 Å². The lowest BCUT2D eigenvalue weighted by Gasteiger charge is -2.54. The van der Waals surface area contributed by atoms with E-state index in [-0.39, 0.29) is 42.1 Å². The molecule has 3 aliphatic carbocycles. The Kier molecular flexibility index (Phi) is 6.41. The summed E-state index contributed by atoms with van der Waals surface area (Å²) in [6.45, 7) is 1.02. The first kappa shape index (κ1) is 26.6. The summed E-state index contributed by atoms with van der Waals surface area (Å²) in [7, 11) is 1.66. The predicted molar refractivity (Wildman–Crippen MR) is 148 cm³/mol. The van der Waals surface area contributed by atoms with Gasteiger partial charge in [-0.2, -0.15) is 4.98 Å². The Labute approximate surface area is 238 Å². The average molecular weight is 564 g/mol. The maximum Gasteiger partial charge on any atom is 0.258 e. The second kappa shape index (κ2) is 9.89. The highest BCUT2D eigenvalue weighted by molar-refractivity contribution is 5.94. The van der Waals surface area contributed by atoms with Gasteiger partial charge in [0.15, 0.2) is 5.82 Å². The second-order valence-electron chi connectivity index (χ2n) is 12.6. The Morgan fingerprint density at radius 1 is 1.07 bits per heavy atom. The molecule has 2 saturated heterocycles. The Morgan fingerprint density at radius 3 is 2.46 bits per heavy atom. The van der Waals surface area contributed by atoms with Crippen LogP contribution in [0.1, 0.15) is 75.1 Å². The van der Waals surface area contributed by atoms with Gasteiger partial charge in [-0.3, -0.25) is 4.79 Å². The SMILES string of the molecule is COc1ccc(C23CCC(CN(C(=O)CC4CC(F)(F)C4)c4cccc(-c5nc(C6CC6)no5)c4)(CC2)CO3)cc1. The van der Waals surface area contributed by atoms with Crippen LogP contribution in [-0.4, -0.2) is 42.2 Å². The maximum absolute atomic E-state index is 13.8. The molecule has 2 aliphatic heterocycles. The molecule has 5 fully saturated rings. The van der Waals surface area contributed by atoms with E-state index in [1.165, 1.54) is 0 Å². The van der Waals surface area contributed by atoms with Gasteiger partial charge in [-0.15, -0.1) is 0 Å². The Morgan fingerprint density at radius 2 is 1.83 bits per heavy atom. The van der Waals surface area contributed by atoms with Gasteiger partial charge in [0.2, 0.25) is 11.8 Å². The van der Waals surface area contributed by atoms with Crippen LogP contribution in [0, 0.1) is 11.3 Å². The van der Waals surface area contributed by atoms with E-state index in [9.17, 15) is 13.6 Å². The Bertz CT molecular complexity index is 1400. The van der Waals surface area contributed by atoms with Crippen LogP contribution < -0.4 is 9.64 Å². The van der Waals surface area contributed by atoms with Gasteiger partial charge in [-0.25, -0.2) is 8.78 Å². The minimum atomic E-state index is -2.66. The number of hydrogen-bond acceptors (Lipinski definition) is 6. The van der Waals surface area contributed by atoms with Gasteiger partial charge in [0, 0.05) is 48.4 Å². The number of aromatic nitrogens is 2. The van der Waals surface area contributed by atoms with Crippen molar-refractivity contribution < 1.29 is 27.6 Å². The number of amides is 1. The number of rotatable bonds is 9. The summed E-state index contributed by atoms with van der Waals surface area (Å²) in [6.07, 6.45) is 5.37. The Balaban J connectivity index is 1.12. The van der Waals surface area contributed by atoms with Crippen LogP contribution in [0.15, 0.2) is 53.1 Å². The highest BCUT2D eigenvalue weighted by Crippen LogP contribution is 2.54. The normalized spacial score (nSPS) is 26.9. The van der Waals surface area contributed by atoms with E-state index >= 15 is 0 Å². The van der Waals surface area contributed by atoms with Crippen LogP contribution in [-0.2, 0) is 15.1 Å². The molecule has 7 nitrogen and oxygen atoms in total. The molecule has 0 radical (unpaired) electrons. The van der Waals surface area contributed by atoms with E-state index in [2.05, 4.69) is 22.3 Å². The molecule has 9 heteroatoms. The first-order chi connectivity index (χ1) is 19.8. The van der Waals surface area contributed by atoms with Crippen LogP contribution in [0.25, 0.3) is 11.5 Å². The summed E-state index contributed by atoms with van der Waals surface area (Å²) in [4.78, 5) is 20.2. The van der Waals surface area contributed by atoms with Crippen LogP contribution in [0.3, 0.4) is 0 Å². The van der Waals surface area contributed by atoms with Crippen LogP contribution >= 0.6 is 0 Å². The van der Waals surface area contributed by atoms with Gasteiger partial charge < -0.3 is 18.9 Å². The maximum atomic E-state index is 13.8. The molecule has 5 aliphatic rings. The zero-order chi connectivity index (χ0) is 28.2. The van der Waals surface area contributed by atoms with Crippen molar-refractivity contribution in [3.63, 3.8) is 0 Å². The number of carbonyl (C=O) groups excluding carboxylic acids is 1. The number of halogens is 2. The van der Waals surface area contributed by atoms with E-state index in [4.69, 9.17) is 14.0 Å². The lowest BCUT2D eigenvalue weighted by atomic mass is 9.64. The molecule has 1 amide bonds. The highest BCUT2D eigenvalue weighted by Gasteiger charge is 2.52. The van der Waals surface area contributed by atoms with Crippen molar-refractivity contribution in [1.29, 1.82) is 0 Å². The summed E-state index contributed by atoms with van der Waals surface area (Å²) in [5, 5.41) is 4.14. The van der Waals surface area contributed by atoms with Crippen molar-refractivity contribution >= 4 is 11.6 Å². The molecular weight excluding hydrogens is 528 g/mol. The molecule has 2 aromatic carbocycles. The molecule has 3 aromatic rings. The van der Waals surface area contributed by atoms with E-state index < -0.39 is 5.92 Å². The minimum absolute atomic E-state index is 0.110. The van der Waals surface area contributed by atoms with Gasteiger partial charge >= 0.3 is 0 Å². The van der Waals surface area contributed by atoms with Gasteiger partial charge in [0.1, 0.15) is 5.75 Å². The number of benzene rings is 2. The zero-order valence-corrected chi connectivity index (χ0v) is 23.3. The molecule has 0 atom stereocenters. The van der Waals surface area contributed by atoms with Gasteiger partial charge in [0.25, 0.3) is 5.89 Å². The lowest BCUT2D eigenvalue weighted by molar-refractivity contribution is -0.186. The molecule has 0 N–H and O–H groups in total. The van der Waals surface area contributed by atoms with E-state index in [1.807, 2.05) is 36.4 Å². The summed E-state index contributed by atoms with van der Waals surface area (Å²) in [5.74, 6) is -0.733. The second-order valence-corrected chi connectivity index (χ2v) is 12.6. The third-order valence-electron chi connectivity index (χ3n) is 9.61. The summed E-state index contributed by atoms with van der Waals surface area (Å²) in [5.41, 5.74) is 2.10. The fourth-order valence-electron chi connectivity index (χ4n) is 6.85. The topological polar surface area (TPSA) is 77.7 Å². The number of carbonyl (C=O) groups is 1. The van der Waals surface area contributed by atoms with E-state index in [0.717, 1.165) is 66.9 Å². The third kappa shape index (κ3) is 5.13. The fourth-order valence-corrected chi connectivity index (χ4v) is 6.85. The van der Waals surface area contributed by atoms with Crippen LogP contribution in [0.5, 0.6) is 5.75 Å². The van der Waals surface area contributed by atoms with Gasteiger partial charge in [-0.1, -0.05) is 23.4 Å². The van der Waals surface area contributed by atoms with Crippen LogP contribution in [0.4, 0.5) is 14.5 Å². The number of hydrogen-bond donors (Lipinski definition) is 0. The molecule has 3 saturated carbocycles. The minimum Gasteiger partial charge on any atom is -0.497 e. The standard InChI is InChI=1S/C32H35F2N3O4/c1-39-26-9-7-24(8-10-26)31-13-11-30(12-14-31,20-40-31)19-37(27(38)15-21-17-32(33,34)18-21)25-4-2-3-23(16-25)29-35-28(36-41-29)22-5-6-22/h2-4,7-10,16,21-22H,5-6,11-15,17-20H2,1H3. The molecule has 0 spiro atoms. The number of methoxy groups -OCH3 is 1. The fraction of sp³-hybridized carbons (Fsp3) is 0.531. The number of alkyl halides is 2. The molecule has 3 heterocycles. The van der Waals surface area contributed by atoms with Crippen molar-refractivity contribution in [3.8, 4) is 17.2 Å². The van der Waals surface area contributed by atoms with Gasteiger partial charge in [0.05, 0.1) is 19.3 Å². The molecule has 8 rings (SSSR count). The number of nitrogens with zero attached hydrogens (tertiary/aromatic N) is 3. The number of anilines is 1. The third-order valence-corrected chi connectivity index (χ3v) is 9.61. The molecule has 216 valence electrons. The molecule has 41 heavy (non-hydrogen) atoms. The predicted octanol–water partition coefficient (Wildman–Crippen LogP) is 6.88. The van der Waals surface area contributed by atoms with Crippen molar-refractivity contribution in [2.75, 3.05) is 25.2 Å². The molecule has 1 aromatic heterocycles. The van der Waals surface area contributed by atoms with Crippen molar-refractivity contribution in [3.05, 3.63) is 59.9 Å². The molecule has 0 unspecified atom stereocenters. The van der Waals surface area contributed by atoms with Crippen molar-refractivity contribution in [2.24, 2.45) is 11.3 Å². The van der Waals surface area contributed by atoms with Gasteiger partial charge in [-0.05, 0) is 80.3 Å².